The van der Waals surface area contributed by atoms with Crippen LogP contribution in [0.2, 0.25) is 0 Å². The molecule has 5 aliphatic carbocycles. The van der Waals surface area contributed by atoms with Gasteiger partial charge in [-0.05, 0) is 158 Å². The van der Waals surface area contributed by atoms with Crippen molar-refractivity contribution in [3.8, 4) is 11.1 Å². The largest absolute Gasteiger partial charge is 0.0616 e. The Morgan fingerprint density at radius 2 is 1.00 bits per heavy atom. The van der Waals surface area contributed by atoms with Gasteiger partial charge in [-0.25, -0.2) is 0 Å². The van der Waals surface area contributed by atoms with Crippen LogP contribution in [0.1, 0.15) is 43.2 Å². The molecule has 0 saturated heterocycles. The minimum absolute atomic E-state index is 0.167. The van der Waals surface area contributed by atoms with Gasteiger partial charge in [-0.1, -0.05) is 60.7 Å². The molecule has 0 radical (unpaired) electrons. The van der Waals surface area contributed by atoms with Crippen molar-refractivity contribution in [2.75, 3.05) is 0 Å². The summed E-state index contributed by atoms with van der Waals surface area (Å²) in [6, 6.07) is 37.8. The third kappa shape index (κ3) is 2.39. The van der Waals surface area contributed by atoms with E-state index in [0.717, 1.165) is 23.7 Å². The van der Waals surface area contributed by atoms with E-state index < -0.39 is 0 Å². The van der Waals surface area contributed by atoms with Gasteiger partial charge in [-0.15, -0.1) is 0 Å². The summed E-state index contributed by atoms with van der Waals surface area (Å²) < 4.78 is 0. The molecule has 0 amide bonds. The van der Waals surface area contributed by atoms with Gasteiger partial charge in [0.1, 0.15) is 0 Å². The highest BCUT2D eigenvalue weighted by atomic mass is 14.6. The number of hydrogen-bond acceptors (Lipinski definition) is 0. The first-order chi connectivity index (χ1) is 18.8. The van der Waals surface area contributed by atoms with Crippen LogP contribution in [-0.2, 0) is 5.41 Å². The lowest BCUT2D eigenvalue weighted by Crippen LogP contribution is -2.55. The van der Waals surface area contributed by atoms with Gasteiger partial charge >= 0.3 is 0 Å². The molecular weight excluding hydrogens is 456 g/mol. The average molecular weight is 487 g/mol. The molecule has 38 heavy (non-hydrogen) atoms. The van der Waals surface area contributed by atoms with Crippen molar-refractivity contribution < 1.29 is 0 Å². The zero-order valence-electron chi connectivity index (χ0n) is 21.6. The van der Waals surface area contributed by atoms with Crippen molar-refractivity contribution in [3.05, 3.63) is 108 Å². The lowest BCUT2D eigenvalue weighted by atomic mass is 9.43. The van der Waals surface area contributed by atoms with Gasteiger partial charge in [0.25, 0.3) is 0 Å². The van der Waals surface area contributed by atoms with Crippen LogP contribution < -0.4 is 0 Å². The van der Waals surface area contributed by atoms with Crippen LogP contribution >= 0.6 is 0 Å². The lowest BCUT2D eigenvalue weighted by Gasteiger charge is -2.61. The summed E-state index contributed by atoms with van der Waals surface area (Å²) in [6.45, 7) is 0. The molecule has 182 valence electrons. The van der Waals surface area contributed by atoms with E-state index in [2.05, 4.69) is 97.1 Å². The molecule has 4 saturated carbocycles. The zero-order valence-corrected chi connectivity index (χ0v) is 21.6. The highest BCUT2D eigenvalue weighted by Gasteiger charge is 2.62. The Balaban J connectivity index is 1.35. The highest BCUT2D eigenvalue weighted by molar-refractivity contribution is 6.07. The van der Waals surface area contributed by atoms with Crippen LogP contribution in [-0.4, -0.2) is 0 Å². The molecule has 0 heteroatoms. The van der Waals surface area contributed by atoms with Crippen LogP contribution in [0.4, 0.5) is 0 Å². The van der Waals surface area contributed by atoms with Crippen molar-refractivity contribution in [1.82, 2.24) is 0 Å². The molecule has 4 bridgehead atoms. The molecule has 0 aliphatic heterocycles. The van der Waals surface area contributed by atoms with Gasteiger partial charge < -0.3 is 0 Å². The summed E-state index contributed by atoms with van der Waals surface area (Å²) in [6.07, 6.45) is 7.18. The predicted octanol–water partition coefficient (Wildman–Crippen LogP) is 10.0. The van der Waals surface area contributed by atoms with E-state index in [1.165, 1.54) is 86.3 Å². The molecule has 0 N–H and O–H groups in total. The monoisotopic (exact) mass is 486 g/mol. The zero-order chi connectivity index (χ0) is 24.6. The third-order valence-corrected chi connectivity index (χ3v) is 11.3. The van der Waals surface area contributed by atoms with E-state index in [-0.39, 0.29) is 5.41 Å². The Kier molecular flexibility index (Phi) is 3.67. The summed E-state index contributed by atoms with van der Waals surface area (Å²) in [5, 5.41) is 11.1. The molecule has 0 unspecified atom stereocenters. The highest BCUT2D eigenvalue weighted by Crippen LogP contribution is 2.70. The normalized spacial score (nSPS) is 28.6. The third-order valence-electron chi connectivity index (χ3n) is 11.3. The van der Waals surface area contributed by atoms with E-state index in [1.807, 2.05) is 0 Å². The van der Waals surface area contributed by atoms with E-state index >= 15 is 0 Å². The van der Waals surface area contributed by atoms with E-state index in [9.17, 15) is 0 Å². The smallest absolute Gasteiger partial charge is 0.0278 e. The fourth-order valence-electron chi connectivity index (χ4n) is 10.2. The molecule has 1 spiro atoms. The molecule has 4 fully saturated rings. The number of hydrogen-bond donors (Lipinski definition) is 0. The summed E-state index contributed by atoms with van der Waals surface area (Å²) in [5.74, 6) is 3.45. The van der Waals surface area contributed by atoms with Gasteiger partial charge in [-0.3, -0.25) is 0 Å². The molecule has 0 nitrogen and oxygen atoms in total. The van der Waals surface area contributed by atoms with Crippen molar-refractivity contribution in [2.24, 2.45) is 23.7 Å². The van der Waals surface area contributed by atoms with E-state index in [0.29, 0.717) is 0 Å². The molecule has 6 aromatic rings. The SMILES string of the molecule is c1ccc2cc3cc4c(cc3cc2c1)-c1ccc2cc3ccccc3cc2c1C41C2CC3CC(C2)CC1C3. The Hall–Kier alpha value is -3.64. The number of fused-ring (bicyclic) bond motifs is 8. The van der Waals surface area contributed by atoms with E-state index in [1.54, 1.807) is 11.1 Å². The Bertz CT molecular complexity index is 1960. The Morgan fingerprint density at radius 1 is 0.447 bits per heavy atom. The topological polar surface area (TPSA) is 0 Å². The van der Waals surface area contributed by atoms with Gasteiger partial charge in [0.15, 0.2) is 0 Å². The van der Waals surface area contributed by atoms with Crippen molar-refractivity contribution >= 4 is 43.1 Å². The molecule has 11 rings (SSSR count). The second-order valence-electron chi connectivity index (χ2n) is 13.0. The van der Waals surface area contributed by atoms with Gasteiger partial charge in [0.2, 0.25) is 0 Å². The fourth-order valence-corrected chi connectivity index (χ4v) is 10.2. The summed E-state index contributed by atoms with van der Waals surface area (Å²) in [7, 11) is 0. The minimum Gasteiger partial charge on any atom is -0.0616 e. The minimum atomic E-state index is 0.167. The first-order valence-electron chi connectivity index (χ1n) is 14.7. The first-order valence-corrected chi connectivity index (χ1v) is 14.7. The van der Waals surface area contributed by atoms with Crippen LogP contribution in [0.3, 0.4) is 0 Å². The van der Waals surface area contributed by atoms with Crippen molar-refractivity contribution in [2.45, 2.75) is 37.5 Å². The summed E-state index contributed by atoms with van der Waals surface area (Å²) >= 11 is 0. The Labute approximate surface area is 223 Å². The second-order valence-corrected chi connectivity index (χ2v) is 13.0. The number of benzene rings is 6. The average Bonchev–Trinajstić information content (AvgIpc) is 3.22. The maximum Gasteiger partial charge on any atom is 0.0278 e. The van der Waals surface area contributed by atoms with E-state index in [4.69, 9.17) is 0 Å². The molecule has 0 heterocycles. The molecule has 5 aliphatic rings. The van der Waals surface area contributed by atoms with Crippen LogP contribution in [0, 0.1) is 23.7 Å². The van der Waals surface area contributed by atoms with Crippen LogP contribution in [0.15, 0.2) is 97.1 Å². The Morgan fingerprint density at radius 3 is 1.63 bits per heavy atom. The van der Waals surface area contributed by atoms with Crippen LogP contribution in [0.5, 0.6) is 0 Å². The van der Waals surface area contributed by atoms with Crippen molar-refractivity contribution in [3.63, 3.8) is 0 Å². The fraction of sp³-hybridized carbons (Fsp3) is 0.263. The molecular formula is C38H30. The van der Waals surface area contributed by atoms with Gasteiger partial charge in [0, 0.05) is 5.41 Å². The molecule has 6 aromatic carbocycles. The standard InChI is InChI=1S/C38H30/c1-2-7-26-18-30-21-36-35(20-29(30)17-25(26)6-1)33-10-9-28-16-24-5-3-4-8-27(24)19-34(28)37(33)38(36)31-12-22-11-23(14-31)15-32(38)13-22/h1-10,16-23,31-32H,11-15H2. The molecule has 0 atom stereocenters. The van der Waals surface area contributed by atoms with Gasteiger partial charge in [0.05, 0.1) is 0 Å². The first kappa shape index (κ1) is 20.3. The van der Waals surface area contributed by atoms with Gasteiger partial charge in [-0.2, -0.15) is 0 Å². The van der Waals surface area contributed by atoms with Crippen molar-refractivity contribution in [1.29, 1.82) is 0 Å². The number of rotatable bonds is 0. The quantitative estimate of drug-likeness (QED) is 0.187. The summed E-state index contributed by atoms with van der Waals surface area (Å²) in [5.41, 5.74) is 6.55. The maximum absolute atomic E-state index is 2.65. The van der Waals surface area contributed by atoms with Crippen LogP contribution in [0.25, 0.3) is 54.2 Å². The molecule has 0 aromatic heterocycles. The maximum atomic E-state index is 2.65. The second kappa shape index (κ2) is 6.86. The summed E-state index contributed by atoms with van der Waals surface area (Å²) in [4.78, 5) is 0. The predicted molar refractivity (Wildman–Crippen MR) is 160 cm³/mol. The lowest BCUT2D eigenvalue weighted by molar-refractivity contribution is -0.0393.